The van der Waals surface area contributed by atoms with E-state index >= 15 is 0 Å². The molecule has 0 fully saturated rings. The van der Waals surface area contributed by atoms with Crippen LogP contribution in [0.25, 0.3) is 10.2 Å². The molecule has 0 aliphatic heterocycles. The van der Waals surface area contributed by atoms with E-state index in [4.69, 9.17) is 0 Å². The Bertz CT molecular complexity index is 935. The van der Waals surface area contributed by atoms with Crippen molar-refractivity contribution in [3.05, 3.63) is 57.4 Å². The van der Waals surface area contributed by atoms with Crippen LogP contribution in [0.1, 0.15) is 5.56 Å². The van der Waals surface area contributed by atoms with Crippen LogP contribution in [0.3, 0.4) is 0 Å². The third-order valence-electron chi connectivity index (χ3n) is 3.42. The third-order valence-corrected chi connectivity index (χ3v) is 4.99. The number of benzene rings is 1. The van der Waals surface area contributed by atoms with E-state index < -0.39 is 0 Å². The standard InChI is InChI=1S/C16H14FN3O2S2/c1-23-16-19-12-6-7-24-14(12)15(22)20(16)9-13(21)18-8-10-2-4-11(17)5-3-10/h2-7H,8-9H2,1H3,(H,18,21). The Kier molecular flexibility index (Phi) is 4.96. The molecule has 3 rings (SSSR count). The maximum Gasteiger partial charge on any atom is 0.272 e. The zero-order valence-electron chi connectivity index (χ0n) is 12.8. The normalized spacial score (nSPS) is 10.9. The van der Waals surface area contributed by atoms with Gasteiger partial charge in [0.05, 0.1) is 5.52 Å². The lowest BCUT2D eigenvalue weighted by Crippen LogP contribution is -2.33. The quantitative estimate of drug-likeness (QED) is 0.559. The Hall–Kier alpha value is -2.19. The molecule has 0 saturated heterocycles. The minimum absolute atomic E-state index is 0.100. The van der Waals surface area contributed by atoms with Crippen LogP contribution in [0.5, 0.6) is 0 Å². The van der Waals surface area contributed by atoms with Crippen molar-refractivity contribution in [2.24, 2.45) is 0 Å². The smallest absolute Gasteiger partial charge is 0.272 e. The minimum Gasteiger partial charge on any atom is -0.350 e. The van der Waals surface area contributed by atoms with Crippen LogP contribution >= 0.6 is 23.1 Å². The molecule has 8 heteroatoms. The van der Waals surface area contributed by atoms with Crippen molar-refractivity contribution >= 4 is 39.2 Å². The van der Waals surface area contributed by atoms with Crippen LogP contribution < -0.4 is 10.9 Å². The lowest BCUT2D eigenvalue weighted by atomic mass is 10.2. The zero-order chi connectivity index (χ0) is 17.1. The summed E-state index contributed by atoms with van der Waals surface area (Å²) in [5.41, 5.74) is 1.22. The number of nitrogens with one attached hydrogen (secondary N) is 1. The first kappa shape index (κ1) is 16.7. The van der Waals surface area contributed by atoms with Crippen molar-refractivity contribution in [3.8, 4) is 0 Å². The molecule has 0 aliphatic carbocycles. The average Bonchev–Trinajstić information content (AvgIpc) is 3.05. The second kappa shape index (κ2) is 7.14. The molecule has 0 unspecified atom stereocenters. The molecule has 0 radical (unpaired) electrons. The number of halogens is 1. The fraction of sp³-hybridized carbons (Fsp3) is 0.188. The van der Waals surface area contributed by atoms with E-state index in [0.29, 0.717) is 15.4 Å². The topological polar surface area (TPSA) is 64.0 Å². The number of nitrogens with zero attached hydrogens (tertiary/aromatic N) is 2. The fourth-order valence-corrected chi connectivity index (χ4v) is 3.56. The van der Waals surface area contributed by atoms with Gasteiger partial charge in [0.1, 0.15) is 17.1 Å². The molecule has 0 saturated carbocycles. The number of amides is 1. The number of carbonyl (C=O) groups is 1. The van der Waals surface area contributed by atoms with Crippen molar-refractivity contribution in [2.45, 2.75) is 18.2 Å². The molecule has 2 aromatic heterocycles. The Morgan fingerprint density at radius 3 is 2.79 bits per heavy atom. The summed E-state index contributed by atoms with van der Waals surface area (Å²) in [6.07, 6.45) is 1.81. The van der Waals surface area contributed by atoms with Gasteiger partial charge in [0.15, 0.2) is 5.16 Å². The molecular weight excluding hydrogens is 349 g/mol. The van der Waals surface area contributed by atoms with Gasteiger partial charge in [-0.2, -0.15) is 0 Å². The highest BCUT2D eigenvalue weighted by Crippen LogP contribution is 2.19. The highest BCUT2D eigenvalue weighted by Gasteiger charge is 2.14. The lowest BCUT2D eigenvalue weighted by molar-refractivity contribution is -0.122. The third kappa shape index (κ3) is 3.49. The Morgan fingerprint density at radius 2 is 2.08 bits per heavy atom. The average molecular weight is 363 g/mol. The molecule has 0 spiro atoms. The summed E-state index contributed by atoms with van der Waals surface area (Å²) in [7, 11) is 0. The van der Waals surface area contributed by atoms with Crippen LogP contribution in [0.4, 0.5) is 4.39 Å². The van der Waals surface area contributed by atoms with Crippen LogP contribution in [0.15, 0.2) is 45.7 Å². The van der Waals surface area contributed by atoms with Gasteiger partial charge in [0.2, 0.25) is 5.91 Å². The van der Waals surface area contributed by atoms with E-state index in [2.05, 4.69) is 10.3 Å². The summed E-state index contributed by atoms with van der Waals surface area (Å²) in [5, 5.41) is 5.04. The van der Waals surface area contributed by atoms with E-state index in [1.807, 2.05) is 11.6 Å². The number of carbonyl (C=O) groups excluding carboxylic acids is 1. The molecule has 2 heterocycles. The summed E-state index contributed by atoms with van der Waals surface area (Å²) in [6.45, 7) is 0.175. The molecule has 1 N–H and O–H groups in total. The number of hydrogen-bond donors (Lipinski definition) is 1. The number of thioether (sulfide) groups is 1. The van der Waals surface area contributed by atoms with E-state index in [1.54, 1.807) is 18.2 Å². The molecule has 0 aliphatic rings. The highest BCUT2D eigenvalue weighted by atomic mass is 32.2. The Labute approximate surface area is 145 Å². The molecule has 1 aromatic carbocycles. The first-order valence-electron chi connectivity index (χ1n) is 7.11. The lowest BCUT2D eigenvalue weighted by Gasteiger charge is -2.11. The number of aromatic nitrogens is 2. The van der Waals surface area contributed by atoms with Gasteiger partial charge in [-0.3, -0.25) is 14.2 Å². The SMILES string of the molecule is CSc1nc2ccsc2c(=O)n1CC(=O)NCc1ccc(F)cc1. The van der Waals surface area contributed by atoms with Gasteiger partial charge in [0.25, 0.3) is 5.56 Å². The van der Waals surface area contributed by atoms with Gasteiger partial charge in [0, 0.05) is 6.54 Å². The molecule has 0 bridgehead atoms. The summed E-state index contributed by atoms with van der Waals surface area (Å²) in [4.78, 5) is 29.1. The van der Waals surface area contributed by atoms with Gasteiger partial charge in [-0.25, -0.2) is 9.37 Å². The molecule has 1 amide bonds. The van der Waals surface area contributed by atoms with Gasteiger partial charge in [-0.1, -0.05) is 23.9 Å². The molecule has 5 nitrogen and oxygen atoms in total. The minimum atomic E-state index is -0.323. The first-order valence-corrected chi connectivity index (χ1v) is 9.22. The highest BCUT2D eigenvalue weighted by molar-refractivity contribution is 7.98. The van der Waals surface area contributed by atoms with Crippen molar-refractivity contribution in [2.75, 3.05) is 6.26 Å². The number of rotatable bonds is 5. The van der Waals surface area contributed by atoms with E-state index in [0.717, 1.165) is 5.56 Å². The van der Waals surface area contributed by atoms with Gasteiger partial charge >= 0.3 is 0 Å². The van der Waals surface area contributed by atoms with Crippen LogP contribution in [-0.2, 0) is 17.9 Å². The molecule has 0 atom stereocenters. The first-order chi connectivity index (χ1) is 11.6. The molecule has 3 aromatic rings. The van der Waals surface area contributed by atoms with Crippen LogP contribution in [0, 0.1) is 5.82 Å². The fourth-order valence-electron chi connectivity index (χ4n) is 2.22. The van der Waals surface area contributed by atoms with E-state index in [-0.39, 0.29) is 30.4 Å². The maximum atomic E-state index is 12.9. The predicted molar refractivity (Wildman–Crippen MR) is 93.9 cm³/mol. The number of hydrogen-bond acceptors (Lipinski definition) is 5. The van der Waals surface area contributed by atoms with E-state index in [1.165, 1.54) is 39.8 Å². The van der Waals surface area contributed by atoms with Crippen molar-refractivity contribution < 1.29 is 9.18 Å². The summed E-state index contributed by atoms with van der Waals surface area (Å²) < 4.78 is 14.8. The summed E-state index contributed by atoms with van der Waals surface area (Å²) >= 11 is 2.63. The van der Waals surface area contributed by atoms with Gasteiger partial charge < -0.3 is 5.32 Å². The van der Waals surface area contributed by atoms with Gasteiger partial charge in [-0.05, 0) is 35.4 Å². The molecule has 124 valence electrons. The predicted octanol–water partition coefficient (Wildman–Crippen LogP) is 2.64. The summed E-state index contributed by atoms with van der Waals surface area (Å²) in [5.74, 6) is -0.619. The number of fused-ring (bicyclic) bond motifs is 1. The molecule has 24 heavy (non-hydrogen) atoms. The molecular formula is C16H14FN3O2S2. The van der Waals surface area contributed by atoms with Crippen molar-refractivity contribution in [3.63, 3.8) is 0 Å². The Balaban J connectivity index is 1.76. The Morgan fingerprint density at radius 1 is 1.33 bits per heavy atom. The van der Waals surface area contributed by atoms with Crippen molar-refractivity contribution in [1.82, 2.24) is 14.9 Å². The van der Waals surface area contributed by atoms with Crippen molar-refractivity contribution in [1.29, 1.82) is 0 Å². The van der Waals surface area contributed by atoms with Crippen LogP contribution in [0.2, 0.25) is 0 Å². The summed E-state index contributed by atoms with van der Waals surface area (Å²) in [6, 6.07) is 7.68. The number of thiophene rings is 1. The van der Waals surface area contributed by atoms with Crippen LogP contribution in [-0.4, -0.2) is 21.7 Å². The van der Waals surface area contributed by atoms with E-state index in [9.17, 15) is 14.0 Å². The maximum absolute atomic E-state index is 12.9. The van der Waals surface area contributed by atoms with Gasteiger partial charge in [-0.15, -0.1) is 11.3 Å². The largest absolute Gasteiger partial charge is 0.350 e. The monoisotopic (exact) mass is 363 g/mol. The second-order valence-corrected chi connectivity index (χ2v) is 6.72. The second-order valence-electron chi connectivity index (χ2n) is 5.03. The zero-order valence-corrected chi connectivity index (χ0v) is 14.4.